The summed E-state index contributed by atoms with van der Waals surface area (Å²) in [6.07, 6.45) is -1.28. The van der Waals surface area contributed by atoms with Crippen LogP contribution in [0.2, 0.25) is 0 Å². The van der Waals surface area contributed by atoms with Gasteiger partial charge in [0.15, 0.2) is 0 Å². The molecule has 1 aliphatic carbocycles. The summed E-state index contributed by atoms with van der Waals surface area (Å²) >= 11 is 0. The van der Waals surface area contributed by atoms with Gasteiger partial charge in [-0.05, 0) is 30.4 Å². The number of alkyl halides is 3. The molecule has 1 aromatic carbocycles. The van der Waals surface area contributed by atoms with E-state index in [-0.39, 0.29) is 16.7 Å². The Bertz CT molecular complexity index is 536. The summed E-state index contributed by atoms with van der Waals surface area (Å²) in [5.74, 6) is -0.474. The number of nitrogens with one attached hydrogen (secondary N) is 2. The Kier molecular flexibility index (Phi) is 4.16. The minimum Gasteiger partial charge on any atom is -0.387 e. The smallest absolute Gasteiger partial charge is 0.387 e. The first-order chi connectivity index (χ1) is 9.77. The molecule has 116 valence electrons. The second-order valence-electron chi connectivity index (χ2n) is 5.82. The Morgan fingerprint density at radius 2 is 2.00 bits per heavy atom. The predicted octanol–water partition coefficient (Wildman–Crippen LogP) is 3.67. The Morgan fingerprint density at radius 3 is 2.48 bits per heavy atom. The fraction of sp³-hybridized carbons (Fsp3) is 0.533. The number of anilines is 1. The lowest BCUT2D eigenvalue weighted by Gasteiger charge is -2.38. The molecule has 0 heterocycles. The summed E-state index contributed by atoms with van der Waals surface area (Å²) in [5, 5.41) is 5.24. The molecule has 21 heavy (non-hydrogen) atoms. The Morgan fingerprint density at radius 1 is 1.33 bits per heavy atom. The van der Waals surface area contributed by atoms with Gasteiger partial charge in [0.2, 0.25) is 0 Å². The Hall–Kier alpha value is -1.72. The van der Waals surface area contributed by atoms with Crippen LogP contribution in [0.4, 0.5) is 18.9 Å². The van der Waals surface area contributed by atoms with Crippen molar-refractivity contribution < 1.29 is 18.0 Å². The van der Waals surface area contributed by atoms with Crippen LogP contribution in [0.1, 0.15) is 42.1 Å². The largest absolute Gasteiger partial charge is 0.418 e. The van der Waals surface area contributed by atoms with Crippen LogP contribution >= 0.6 is 0 Å². The summed E-state index contributed by atoms with van der Waals surface area (Å²) in [4.78, 5) is 12.2. The summed E-state index contributed by atoms with van der Waals surface area (Å²) in [7, 11) is 1.38. The van der Waals surface area contributed by atoms with Gasteiger partial charge in [-0.2, -0.15) is 13.2 Å². The molecule has 1 saturated carbocycles. The highest BCUT2D eigenvalue weighted by atomic mass is 19.4. The molecule has 2 N–H and O–H groups in total. The van der Waals surface area contributed by atoms with Crippen LogP contribution in [0.15, 0.2) is 18.2 Å². The molecule has 6 heteroatoms. The highest BCUT2D eigenvalue weighted by Crippen LogP contribution is 2.40. The molecule has 2 rings (SSSR count). The van der Waals surface area contributed by atoms with E-state index in [2.05, 4.69) is 17.6 Å². The zero-order valence-electron chi connectivity index (χ0n) is 12.1. The topological polar surface area (TPSA) is 41.1 Å². The fourth-order valence-electron chi connectivity index (χ4n) is 2.59. The van der Waals surface area contributed by atoms with Crippen LogP contribution in [-0.2, 0) is 6.18 Å². The predicted molar refractivity (Wildman–Crippen MR) is 75.3 cm³/mol. The Labute approximate surface area is 121 Å². The molecule has 1 amide bonds. The van der Waals surface area contributed by atoms with Crippen LogP contribution in [0.25, 0.3) is 0 Å². The quantitative estimate of drug-likeness (QED) is 0.891. The van der Waals surface area contributed by atoms with Crippen molar-refractivity contribution in [3.05, 3.63) is 29.3 Å². The molecule has 0 unspecified atom stereocenters. The third kappa shape index (κ3) is 3.31. The lowest BCUT2D eigenvalue weighted by Crippen LogP contribution is -2.40. The number of hydrogen-bond donors (Lipinski definition) is 2. The highest BCUT2D eigenvalue weighted by molar-refractivity contribution is 6.00. The second kappa shape index (κ2) is 5.58. The first kappa shape index (κ1) is 15.7. The van der Waals surface area contributed by atoms with Crippen LogP contribution in [-0.4, -0.2) is 19.5 Å². The molecule has 1 aromatic rings. The van der Waals surface area contributed by atoms with E-state index in [0.29, 0.717) is 6.54 Å². The van der Waals surface area contributed by atoms with E-state index < -0.39 is 17.6 Å². The molecule has 0 bridgehead atoms. The number of carbonyl (C=O) groups is 1. The van der Waals surface area contributed by atoms with Gasteiger partial charge in [-0.15, -0.1) is 0 Å². The third-order valence-corrected chi connectivity index (χ3v) is 4.10. The van der Waals surface area contributed by atoms with Crippen molar-refractivity contribution in [1.29, 1.82) is 0 Å². The minimum absolute atomic E-state index is 0.0234. The average Bonchev–Trinajstić information content (AvgIpc) is 2.40. The van der Waals surface area contributed by atoms with Gasteiger partial charge >= 0.3 is 6.18 Å². The normalized spacial score (nSPS) is 17.0. The van der Waals surface area contributed by atoms with Crippen LogP contribution in [0, 0.1) is 5.41 Å². The van der Waals surface area contributed by atoms with Crippen LogP contribution in [0.3, 0.4) is 0 Å². The maximum Gasteiger partial charge on any atom is 0.418 e. The van der Waals surface area contributed by atoms with E-state index in [1.54, 1.807) is 0 Å². The van der Waals surface area contributed by atoms with Gasteiger partial charge in [0.1, 0.15) is 0 Å². The average molecular weight is 300 g/mol. The van der Waals surface area contributed by atoms with E-state index in [9.17, 15) is 18.0 Å². The molecule has 0 aromatic heterocycles. The van der Waals surface area contributed by atoms with Crippen molar-refractivity contribution in [2.45, 2.75) is 32.4 Å². The van der Waals surface area contributed by atoms with Gasteiger partial charge in [-0.3, -0.25) is 4.79 Å². The molecule has 0 atom stereocenters. The molecule has 3 nitrogen and oxygen atoms in total. The molecule has 0 radical (unpaired) electrons. The van der Waals surface area contributed by atoms with Gasteiger partial charge in [0.05, 0.1) is 16.8 Å². The SMILES string of the molecule is CNc1c(C(=O)NCC2(C)CCC2)cccc1C(F)(F)F. The Balaban J connectivity index is 2.20. The van der Waals surface area contributed by atoms with Gasteiger partial charge in [0.25, 0.3) is 5.91 Å². The molecular weight excluding hydrogens is 281 g/mol. The van der Waals surface area contributed by atoms with Crippen molar-refractivity contribution in [3.63, 3.8) is 0 Å². The van der Waals surface area contributed by atoms with E-state index in [1.165, 1.54) is 19.2 Å². The number of rotatable bonds is 4. The molecule has 0 aliphatic heterocycles. The summed E-state index contributed by atoms with van der Waals surface area (Å²) < 4.78 is 38.8. The third-order valence-electron chi connectivity index (χ3n) is 4.10. The first-order valence-corrected chi connectivity index (χ1v) is 6.93. The molecule has 1 fully saturated rings. The monoisotopic (exact) mass is 300 g/mol. The zero-order chi connectivity index (χ0) is 15.7. The van der Waals surface area contributed by atoms with Crippen molar-refractivity contribution in [3.8, 4) is 0 Å². The number of para-hydroxylation sites is 1. The molecule has 1 aliphatic rings. The van der Waals surface area contributed by atoms with E-state index >= 15 is 0 Å². The highest BCUT2D eigenvalue weighted by Gasteiger charge is 2.36. The van der Waals surface area contributed by atoms with Gasteiger partial charge < -0.3 is 10.6 Å². The van der Waals surface area contributed by atoms with Gasteiger partial charge in [-0.1, -0.05) is 19.4 Å². The van der Waals surface area contributed by atoms with Crippen molar-refractivity contribution in [1.82, 2.24) is 5.32 Å². The minimum atomic E-state index is -4.49. The number of amides is 1. The second-order valence-corrected chi connectivity index (χ2v) is 5.82. The maximum atomic E-state index is 12.9. The van der Waals surface area contributed by atoms with Crippen LogP contribution in [0.5, 0.6) is 0 Å². The van der Waals surface area contributed by atoms with E-state index in [0.717, 1.165) is 25.3 Å². The van der Waals surface area contributed by atoms with E-state index in [1.807, 2.05) is 0 Å². The molecule has 0 saturated heterocycles. The van der Waals surface area contributed by atoms with Gasteiger partial charge in [-0.25, -0.2) is 0 Å². The van der Waals surface area contributed by atoms with Crippen molar-refractivity contribution >= 4 is 11.6 Å². The number of benzene rings is 1. The van der Waals surface area contributed by atoms with Crippen LogP contribution < -0.4 is 10.6 Å². The lowest BCUT2D eigenvalue weighted by molar-refractivity contribution is -0.136. The summed E-state index contributed by atoms with van der Waals surface area (Å²) in [6, 6.07) is 3.62. The number of halogens is 3. The summed E-state index contributed by atoms with van der Waals surface area (Å²) in [6.45, 7) is 2.56. The lowest BCUT2D eigenvalue weighted by atomic mass is 9.70. The zero-order valence-corrected chi connectivity index (χ0v) is 12.1. The first-order valence-electron chi connectivity index (χ1n) is 6.93. The number of carbonyl (C=O) groups excluding carboxylic acids is 1. The fourth-order valence-corrected chi connectivity index (χ4v) is 2.59. The van der Waals surface area contributed by atoms with Crippen molar-refractivity contribution in [2.24, 2.45) is 5.41 Å². The van der Waals surface area contributed by atoms with E-state index in [4.69, 9.17) is 0 Å². The van der Waals surface area contributed by atoms with Gasteiger partial charge in [0, 0.05) is 13.6 Å². The standard InChI is InChI=1S/C15H19F3N2O/c1-14(7-4-8-14)9-20-13(21)10-5-3-6-11(12(10)19-2)15(16,17)18/h3,5-6,19H,4,7-9H2,1-2H3,(H,20,21). The molecule has 0 spiro atoms. The number of hydrogen-bond acceptors (Lipinski definition) is 2. The molecular formula is C15H19F3N2O. The van der Waals surface area contributed by atoms with Crippen molar-refractivity contribution in [2.75, 3.05) is 18.9 Å². The summed E-state index contributed by atoms with van der Waals surface area (Å²) in [5.41, 5.74) is -0.902. The maximum absolute atomic E-state index is 12.9.